The van der Waals surface area contributed by atoms with Gasteiger partial charge in [0.05, 0.1) is 18.4 Å². The molecule has 1 aliphatic carbocycles. The van der Waals surface area contributed by atoms with E-state index in [0.29, 0.717) is 35.6 Å². The van der Waals surface area contributed by atoms with Crippen molar-refractivity contribution in [1.29, 1.82) is 0 Å². The lowest BCUT2D eigenvalue weighted by Gasteiger charge is -2.06. The van der Waals surface area contributed by atoms with Crippen molar-refractivity contribution >= 4 is 17.8 Å². The molecule has 1 saturated heterocycles. The van der Waals surface area contributed by atoms with Gasteiger partial charge in [-0.25, -0.2) is 4.79 Å². The number of fused-ring (bicyclic) bond motifs is 1. The average Bonchev–Trinajstić information content (AvgIpc) is 3.29. The quantitative estimate of drug-likeness (QED) is 0.659. The van der Waals surface area contributed by atoms with E-state index in [-0.39, 0.29) is 11.3 Å². The Balaban J connectivity index is 1.55. The molecule has 27 heavy (non-hydrogen) atoms. The third-order valence-corrected chi connectivity index (χ3v) is 5.13. The predicted octanol–water partition coefficient (Wildman–Crippen LogP) is 2.62. The summed E-state index contributed by atoms with van der Waals surface area (Å²) in [6, 6.07) is 4.72. The fourth-order valence-corrected chi connectivity index (χ4v) is 3.69. The number of benzene rings is 1. The zero-order chi connectivity index (χ0) is 18.8. The number of nitrogens with zero attached hydrogens (tertiary/aromatic N) is 3. The third-order valence-electron chi connectivity index (χ3n) is 5.13. The van der Waals surface area contributed by atoms with Gasteiger partial charge in [0, 0.05) is 30.2 Å². The maximum atomic E-state index is 12.9. The highest BCUT2D eigenvalue weighted by molar-refractivity contribution is 6.12. The molecule has 7 nitrogen and oxygen atoms in total. The molecule has 1 atom stereocenters. The molecule has 7 heteroatoms. The van der Waals surface area contributed by atoms with Crippen molar-refractivity contribution in [1.82, 2.24) is 15.0 Å². The van der Waals surface area contributed by atoms with Crippen LogP contribution in [0, 0.1) is 5.92 Å². The zero-order valence-corrected chi connectivity index (χ0v) is 14.9. The number of hydrogen-bond donors (Lipinski definition) is 1. The Labute approximate surface area is 156 Å². The van der Waals surface area contributed by atoms with Crippen LogP contribution in [0.1, 0.15) is 51.2 Å². The summed E-state index contributed by atoms with van der Waals surface area (Å²) in [6.07, 6.45) is 6.81. The van der Waals surface area contributed by atoms with Crippen LogP contribution in [0.15, 0.2) is 30.0 Å². The van der Waals surface area contributed by atoms with Gasteiger partial charge in [0.1, 0.15) is 5.69 Å². The minimum Gasteiger partial charge on any atom is -0.478 e. The Morgan fingerprint density at radius 1 is 1.37 bits per heavy atom. The van der Waals surface area contributed by atoms with E-state index in [0.717, 1.165) is 38.2 Å². The van der Waals surface area contributed by atoms with Gasteiger partial charge >= 0.3 is 5.97 Å². The van der Waals surface area contributed by atoms with E-state index in [1.54, 1.807) is 22.9 Å². The lowest BCUT2D eigenvalue weighted by Crippen LogP contribution is -2.11. The van der Waals surface area contributed by atoms with Gasteiger partial charge in [-0.15, -0.1) is 5.10 Å². The number of ether oxygens (including phenoxy) is 1. The van der Waals surface area contributed by atoms with Gasteiger partial charge in [0.15, 0.2) is 5.78 Å². The second-order valence-electron chi connectivity index (χ2n) is 7.12. The van der Waals surface area contributed by atoms with Crippen LogP contribution in [-0.4, -0.2) is 45.1 Å². The number of ketones is 1. The molecule has 1 aromatic heterocycles. The lowest BCUT2D eigenvalue weighted by molar-refractivity contribution is 0.0696. The highest BCUT2D eigenvalue weighted by Gasteiger charge is 2.22. The predicted molar refractivity (Wildman–Crippen MR) is 97.6 cm³/mol. The van der Waals surface area contributed by atoms with Gasteiger partial charge < -0.3 is 9.84 Å². The first kappa shape index (κ1) is 17.6. The van der Waals surface area contributed by atoms with Crippen molar-refractivity contribution < 1.29 is 19.4 Å². The molecule has 140 valence electrons. The topological polar surface area (TPSA) is 94.3 Å². The second kappa shape index (κ2) is 7.44. The maximum absolute atomic E-state index is 12.9. The van der Waals surface area contributed by atoms with Crippen molar-refractivity contribution in [2.45, 2.75) is 32.2 Å². The largest absolute Gasteiger partial charge is 0.478 e. The zero-order valence-electron chi connectivity index (χ0n) is 14.9. The van der Waals surface area contributed by atoms with E-state index in [9.17, 15) is 9.59 Å². The number of aromatic carboxylic acids is 1. The molecule has 1 fully saturated rings. The molecular weight excluding hydrogens is 346 g/mol. The smallest absolute Gasteiger partial charge is 0.335 e. The van der Waals surface area contributed by atoms with E-state index in [2.05, 4.69) is 10.3 Å². The molecule has 1 unspecified atom stereocenters. The maximum Gasteiger partial charge on any atom is 0.335 e. The van der Waals surface area contributed by atoms with Gasteiger partial charge in [-0.05, 0) is 55.5 Å². The van der Waals surface area contributed by atoms with Gasteiger partial charge in [-0.1, -0.05) is 5.21 Å². The van der Waals surface area contributed by atoms with Gasteiger partial charge in [0.2, 0.25) is 0 Å². The highest BCUT2D eigenvalue weighted by Crippen LogP contribution is 2.26. The van der Waals surface area contributed by atoms with Crippen molar-refractivity contribution in [3.05, 3.63) is 52.4 Å². The van der Waals surface area contributed by atoms with Crippen molar-refractivity contribution in [3.63, 3.8) is 0 Å². The summed E-state index contributed by atoms with van der Waals surface area (Å²) in [5.74, 6) is -0.574. The fourth-order valence-electron chi connectivity index (χ4n) is 3.69. The Morgan fingerprint density at radius 2 is 2.26 bits per heavy atom. The molecule has 0 bridgehead atoms. The fraction of sp³-hybridized carbons (Fsp3) is 0.400. The molecule has 0 radical (unpaired) electrons. The van der Waals surface area contributed by atoms with E-state index in [1.807, 2.05) is 6.20 Å². The third kappa shape index (κ3) is 3.83. The van der Waals surface area contributed by atoms with Crippen molar-refractivity contribution in [2.75, 3.05) is 13.2 Å². The summed E-state index contributed by atoms with van der Waals surface area (Å²) in [5.41, 5.74) is 2.95. The number of carbonyl (C=O) groups excluding carboxylic acids is 1. The van der Waals surface area contributed by atoms with E-state index in [1.165, 1.54) is 6.07 Å². The summed E-state index contributed by atoms with van der Waals surface area (Å²) in [5, 5.41) is 17.5. The molecule has 1 N–H and O–H groups in total. The number of carboxylic acids is 1. The molecule has 2 aromatic rings. The minimum atomic E-state index is -0.977. The van der Waals surface area contributed by atoms with Crippen LogP contribution in [0.4, 0.5) is 0 Å². The highest BCUT2D eigenvalue weighted by atomic mass is 16.5. The lowest BCUT2D eigenvalue weighted by atomic mass is 9.97. The molecule has 2 heterocycles. The summed E-state index contributed by atoms with van der Waals surface area (Å²) >= 11 is 0. The first-order chi connectivity index (χ1) is 13.1. The van der Waals surface area contributed by atoms with Crippen molar-refractivity contribution in [2.24, 2.45) is 5.92 Å². The van der Waals surface area contributed by atoms with Gasteiger partial charge in [-0.3, -0.25) is 9.48 Å². The van der Waals surface area contributed by atoms with Crippen LogP contribution >= 0.6 is 0 Å². The normalized spacial score (nSPS) is 21.3. The average molecular weight is 367 g/mol. The van der Waals surface area contributed by atoms with Crippen LogP contribution in [0.25, 0.3) is 6.08 Å². The molecule has 0 saturated carbocycles. The number of rotatable bonds is 4. The Kier molecular flexibility index (Phi) is 4.85. The number of carboxylic acid groups (broad SMARTS) is 1. The Hall–Kier alpha value is -2.80. The number of aryl methyl sites for hydroxylation is 1. The monoisotopic (exact) mass is 367 g/mol. The first-order valence-corrected chi connectivity index (χ1v) is 9.19. The molecule has 1 aromatic carbocycles. The van der Waals surface area contributed by atoms with E-state index >= 15 is 0 Å². The van der Waals surface area contributed by atoms with E-state index < -0.39 is 5.97 Å². The van der Waals surface area contributed by atoms with Crippen LogP contribution in [0.5, 0.6) is 0 Å². The summed E-state index contributed by atoms with van der Waals surface area (Å²) < 4.78 is 7.19. The number of allylic oxidation sites excluding steroid dienone is 1. The van der Waals surface area contributed by atoms with Crippen LogP contribution in [-0.2, 0) is 17.7 Å². The number of carbonyl (C=O) groups is 2. The van der Waals surface area contributed by atoms with Crippen LogP contribution < -0.4 is 0 Å². The SMILES string of the molecule is O=C(O)c1ccc2c(c1)CCCC(=Cc1cn(CC3CCOC3)nn1)C2=O. The number of aromatic nitrogens is 3. The summed E-state index contributed by atoms with van der Waals surface area (Å²) in [6.45, 7) is 2.32. The molecule has 4 rings (SSSR count). The minimum absolute atomic E-state index is 0.0572. The van der Waals surface area contributed by atoms with Crippen LogP contribution in [0.2, 0.25) is 0 Å². The number of hydrogen-bond acceptors (Lipinski definition) is 5. The summed E-state index contributed by atoms with van der Waals surface area (Å²) in [7, 11) is 0. The molecule has 2 aliphatic rings. The standard InChI is InChI=1S/C20H21N3O4/c24-19-15(3-1-2-14-8-16(20(25)26)4-5-18(14)19)9-17-11-23(22-21-17)10-13-6-7-27-12-13/h4-5,8-9,11,13H,1-3,6-7,10,12H2,(H,25,26). The number of Topliss-reactive ketones (excluding diaryl/α,β-unsaturated/α-hetero) is 1. The second-order valence-corrected chi connectivity index (χ2v) is 7.12. The Bertz CT molecular complexity index is 910. The summed E-state index contributed by atoms with van der Waals surface area (Å²) in [4.78, 5) is 24.1. The molecule has 1 aliphatic heterocycles. The van der Waals surface area contributed by atoms with Crippen LogP contribution in [0.3, 0.4) is 0 Å². The molecule has 0 spiro atoms. The van der Waals surface area contributed by atoms with Gasteiger partial charge in [-0.2, -0.15) is 0 Å². The van der Waals surface area contributed by atoms with Gasteiger partial charge in [0.25, 0.3) is 0 Å². The Morgan fingerprint density at radius 3 is 3.04 bits per heavy atom. The first-order valence-electron chi connectivity index (χ1n) is 9.19. The van der Waals surface area contributed by atoms with E-state index in [4.69, 9.17) is 9.84 Å². The molecular formula is C20H21N3O4. The van der Waals surface area contributed by atoms with Crippen molar-refractivity contribution in [3.8, 4) is 0 Å². The molecule has 0 amide bonds.